The van der Waals surface area contributed by atoms with Gasteiger partial charge in [0.1, 0.15) is 0 Å². The third-order valence-electron chi connectivity index (χ3n) is 7.56. The third-order valence-corrected chi connectivity index (χ3v) is 9.66. The molecule has 2 atom stereocenters. The van der Waals surface area contributed by atoms with Crippen LogP contribution < -0.4 is 10.2 Å². The first-order valence-corrected chi connectivity index (χ1v) is 15.5. The zero-order chi connectivity index (χ0) is 28.4. The fourth-order valence-electron chi connectivity index (χ4n) is 5.90. The Morgan fingerprint density at radius 3 is 2.48 bits per heavy atom. The molecule has 2 heterocycles. The second-order valence-corrected chi connectivity index (χ2v) is 13.3. The molecule has 3 aromatic carbocycles. The van der Waals surface area contributed by atoms with Crippen LogP contribution in [-0.4, -0.2) is 51.3 Å². The molecule has 3 aromatic rings. The number of halogens is 1. The number of fused-ring (bicyclic) bond motifs is 2. The number of piperidine rings is 1. The predicted octanol–water partition coefficient (Wildman–Crippen LogP) is 5.43. The van der Waals surface area contributed by atoms with Gasteiger partial charge in [-0.25, -0.2) is 8.42 Å². The molecule has 2 amide bonds. The number of sulfone groups is 1. The van der Waals surface area contributed by atoms with Crippen molar-refractivity contribution in [1.29, 1.82) is 0 Å². The number of anilines is 1. The zero-order valence-corrected chi connectivity index (χ0v) is 24.3. The van der Waals surface area contributed by atoms with E-state index in [1.807, 2.05) is 6.07 Å². The monoisotopic (exact) mass is 579 g/mol. The Bertz CT molecular complexity index is 1530. The van der Waals surface area contributed by atoms with Crippen molar-refractivity contribution in [2.75, 3.05) is 31.1 Å². The van der Waals surface area contributed by atoms with Crippen molar-refractivity contribution in [2.45, 2.75) is 43.0 Å². The Labute approximate surface area is 241 Å². The van der Waals surface area contributed by atoms with Crippen LogP contribution >= 0.6 is 11.6 Å². The minimum Gasteiger partial charge on any atom is -0.352 e. The standard InChI is InChI=1S/C31H34ClN3O4S/c1-21-15-22(2)19-34(18-21)14-6-13-33-30(36)24-11-12-29-27(17-24)35(20-23-7-5-8-25(32)16-23)31(37)26-9-3-4-10-28(26)40(29,38)39/h3-5,7-12,16-17,21-22H,6,13-15,18-20H2,1-2H3,(H,33,36)/t21-,22-/m0/s1. The number of hydrogen-bond donors (Lipinski definition) is 1. The predicted molar refractivity (Wildman–Crippen MR) is 157 cm³/mol. The number of carbonyl (C=O) groups excluding carboxylic acids is 2. The first-order chi connectivity index (χ1) is 19.1. The highest BCUT2D eigenvalue weighted by Crippen LogP contribution is 2.38. The van der Waals surface area contributed by atoms with Gasteiger partial charge >= 0.3 is 0 Å². The van der Waals surface area contributed by atoms with Crippen molar-refractivity contribution < 1.29 is 18.0 Å². The number of hydrogen-bond acceptors (Lipinski definition) is 5. The van der Waals surface area contributed by atoms with Crippen LogP contribution in [0.2, 0.25) is 5.02 Å². The van der Waals surface area contributed by atoms with Gasteiger partial charge in [-0.05, 0) is 79.3 Å². The van der Waals surface area contributed by atoms with Crippen LogP contribution in [0.15, 0.2) is 76.5 Å². The summed E-state index contributed by atoms with van der Waals surface area (Å²) in [6.07, 6.45) is 2.07. The number of nitrogens with zero attached hydrogens (tertiary/aromatic N) is 2. The van der Waals surface area contributed by atoms with Crippen molar-refractivity contribution in [3.8, 4) is 0 Å². The molecule has 1 saturated heterocycles. The number of likely N-dealkylation sites (tertiary alicyclic amines) is 1. The molecule has 0 saturated carbocycles. The van der Waals surface area contributed by atoms with Crippen molar-refractivity contribution in [1.82, 2.24) is 10.2 Å². The molecule has 1 N–H and O–H groups in total. The molecule has 210 valence electrons. The SMILES string of the molecule is C[C@H]1C[C@H](C)CN(CCCNC(=O)c2ccc3c(c2)N(Cc2cccc(Cl)c2)C(=O)c2ccccc2S3(=O)=O)C1. The Hall–Kier alpha value is -3.20. The van der Waals surface area contributed by atoms with Crippen molar-refractivity contribution >= 4 is 38.9 Å². The molecule has 0 aliphatic carbocycles. The Kier molecular flexibility index (Phi) is 8.31. The lowest BCUT2D eigenvalue weighted by molar-refractivity contribution is 0.0944. The lowest BCUT2D eigenvalue weighted by atomic mass is 9.92. The van der Waals surface area contributed by atoms with Crippen LogP contribution in [0.1, 0.15) is 53.0 Å². The van der Waals surface area contributed by atoms with Crippen molar-refractivity contribution in [2.24, 2.45) is 11.8 Å². The van der Waals surface area contributed by atoms with Crippen molar-refractivity contribution in [3.63, 3.8) is 0 Å². The second-order valence-electron chi connectivity index (χ2n) is 11.0. The lowest BCUT2D eigenvalue weighted by Gasteiger charge is -2.34. The molecular formula is C31H34ClN3O4S. The topological polar surface area (TPSA) is 86.8 Å². The van der Waals surface area contributed by atoms with E-state index >= 15 is 0 Å². The molecule has 2 aliphatic heterocycles. The minimum absolute atomic E-state index is 0.0160. The highest BCUT2D eigenvalue weighted by molar-refractivity contribution is 7.91. The summed E-state index contributed by atoms with van der Waals surface area (Å²) in [5, 5.41) is 3.48. The van der Waals surface area contributed by atoms with E-state index in [1.165, 1.54) is 41.7 Å². The fourth-order valence-corrected chi connectivity index (χ4v) is 7.75. The van der Waals surface area contributed by atoms with Gasteiger partial charge in [0.2, 0.25) is 9.84 Å². The summed E-state index contributed by atoms with van der Waals surface area (Å²) in [4.78, 5) is 30.7. The zero-order valence-electron chi connectivity index (χ0n) is 22.8. The maximum atomic E-state index is 13.8. The minimum atomic E-state index is -4.01. The quantitative estimate of drug-likeness (QED) is 0.377. The van der Waals surface area contributed by atoms with E-state index in [-0.39, 0.29) is 33.5 Å². The molecular weight excluding hydrogens is 546 g/mol. The highest BCUT2D eigenvalue weighted by Gasteiger charge is 2.36. The summed E-state index contributed by atoms with van der Waals surface area (Å²) in [6.45, 7) is 8.23. The fraction of sp³-hybridized carbons (Fsp3) is 0.355. The second kappa shape index (κ2) is 11.7. The van der Waals surface area contributed by atoms with Crippen LogP contribution in [0.25, 0.3) is 0 Å². The lowest BCUT2D eigenvalue weighted by Crippen LogP contribution is -2.40. The summed E-state index contributed by atoms with van der Waals surface area (Å²) < 4.78 is 27.4. The van der Waals surface area contributed by atoms with Crippen LogP contribution in [0.3, 0.4) is 0 Å². The molecule has 0 radical (unpaired) electrons. The summed E-state index contributed by atoms with van der Waals surface area (Å²) >= 11 is 6.19. The average molecular weight is 580 g/mol. The van der Waals surface area contributed by atoms with Gasteiger partial charge < -0.3 is 15.1 Å². The average Bonchev–Trinajstić information content (AvgIpc) is 2.98. The molecule has 7 nitrogen and oxygen atoms in total. The maximum Gasteiger partial charge on any atom is 0.259 e. The number of carbonyl (C=O) groups is 2. The van der Waals surface area contributed by atoms with Crippen LogP contribution in [0.5, 0.6) is 0 Å². The third kappa shape index (κ3) is 5.94. The van der Waals surface area contributed by atoms with E-state index in [9.17, 15) is 18.0 Å². The summed E-state index contributed by atoms with van der Waals surface area (Å²) in [5.41, 5.74) is 1.29. The van der Waals surface area contributed by atoms with Gasteiger partial charge in [-0.15, -0.1) is 0 Å². The highest BCUT2D eigenvalue weighted by atomic mass is 35.5. The molecule has 0 spiro atoms. The van der Waals surface area contributed by atoms with Crippen molar-refractivity contribution in [3.05, 3.63) is 88.4 Å². The molecule has 0 unspecified atom stereocenters. The number of amides is 2. The van der Waals surface area contributed by atoms with E-state index in [4.69, 9.17) is 11.6 Å². The molecule has 9 heteroatoms. The Balaban J connectivity index is 1.41. The maximum absolute atomic E-state index is 13.8. The van der Waals surface area contributed by atoms with Gasteiger partial charge in [0.25, 0.3) is 11.8 Å². The first-order valence-electron chi connectivity index (χ1n) is 13.7. The van der Waals surface area contributed by atoms with Gasteiger partial charge in [-0.3, -0.25) is 9.59 Å². The van der Waals surface area contributed by atoms with E-state index in [2.05, 4.69) is 24.1 Å². The van der Waals surface area contributed by atoms with E-state index < -0.39 is 15.7 Å². The van der Waals surface area contributed by atoms with Gasteiger partial charge in [-0.1, -0.05) is 49.7 Å². The van der Waals surface area contributed by atoms with Crippen LogP contribution in [-0.2, 0) is 16.4 Å². The van der Waals surface area contributed by atoms with Crippen LogP contribution in [0.4, 0.5) is 5.69 Å². The first kappa shape index (κ1) is 28.3. The molecule has 0 bridgehead atoms. The van der Waals surface area contributed by atoms with E-state index in [1.54, 1.807) is 30.3 Å². The molecule has 40 heavy (non-hydrogen) atoms. The molecule has 2 aliphatic rings. The van der Waals surface area contributed by atoms with Gasteiger partial charge in [0.15, 0.2) is 0 Å². The Morgan fingerprint density at radius 2 is 1.73 bits per heavy atom. The number of rotatable bonds is 7. The summed E-state index contributed by atoms with van der Waals surface area (Å²) in [7, 11) is -4.01. The summed E-state index contributed by atoms with van der Waals surface area (Å²) in [5.74, 6) is 0.591. The number of nitrogens with one attached hydrogen (secondary N) is 1. The van der Waals surface area contributed by atoms with Gasteiger partial charge in [0.05, 0.1) is 27.6 Å². The van der Waals surface area contributed by atoms with Gasteiger partial charge in [-0.2, -0.15) is 0 Å². The molecule has 0 aromatic heterocycles. The normalized spacial score (nSPS) is 20.4. The Morgan fingerprint density at radius 1 is 0.975 bits per heavy atom. The van der Waals surface area contributed by atoms with Crippen LogP contribution in [0, 0.1) is 11.8 Å². The number of benzene rings is 3. The largest absolute Gasteiger partial charge is 0.352 e. The van der Waals surface area contributed by atoms with E-state index in [0.717, 1.165) is 31.6 Å². The molecule has 5 rings (SSSR count). The van der Waals surface area contributed by atoms with E-state index in [0.29, 0.717) is 29.0 Å². The van der Waals surface area contributed by atoms with Gasteiger partial charge in [0, 0.05) is 30.2 Å². The molecule has 1 fully saturated rings. The summed E-state index contributed by atoms with van der Waals surface area (Å²) in [6, 6.07) is 17.7. The smallest absolute Gasteiger partial charge is 0.259 e.